The minimum atomic E-state index is -0.0594. The van der Waals surface area contributed by atoms with Gasteiger partial charge in [-0.25, -0.2) is 4.39 Å². The van der Waals surface area contributed by atoms with Crippen LogP contribution in [0.5, 0.6) is 0 Å². The minimum Gasteiger partial charge on any atom is -0.366 e. The van der Waals surface area contributed by atoms with Crippen molar-refractivity contribution < 1.29 is 4.39 Å². The number of nitrogens with one attached hydrogen (secondary N) is 1. The first-order valence-corrected chi connectivity index (χ1v) is 7.94. The zero-order valence-electron chi connectivity index (χ0n) is 12.5. The van der Waals surface area contributed by atoms with E-state index >= 15 is 0 Å². The maximum Gasteiger partial charge on any atom is 0.146 e. The van der Waals surface area contributed by atoms with Gasteiger partial charge in [-0.2, -0.15) is 0 Å². The number of fused-ring (bicyclic) bond motifs is 1. The standard InChI is InChI=1S/C17H25FN2/c1-12(19-2)14-7-8-17(15(18)11-14)20-10-9-13-5-3-4-6-16(13)20/h7-8,11-13,16,19H,3-6,9-10H2,1-2H3. The van der Waals surface area contributed by atoms with Crippen LogP contribution < -0.4 is 10.2 Å². The summed E-state index contributed by atoms with van der Waals surface area (Å²) in [6.07, 6.45) is 6.46. The molecule has 2 nitrogen and oxygen atoms in total. The molecule has 1 saturated carbocycles. The fourth-order valence-electron chi connectivity index (χ4n) is 3.90. The molecule has 20 heavy (non-hydrogen) atoms. The molecular formula is C17H25FN2. The van der Waals surface area contributed by atoms with Gasteiger partial charge in [0.2, 0.25) is 0 Å². The Morgan fingerprint density at radius 2 is 2.05 bits per heavy atom. The molecule has 3 rings (SSSR count). The molecule has 3 heteroatoms. The van der Waals surface area contributed by atoms with Gasteiger partial charge in [-0.1, -0.05) is 18.9 Å². The van der Waals surface area contributed by atoms with Crippen molar-refractivity contribution in [2.24, 2.45) is 5.92 Å². The average molecular weight is 276 g/mol. The predicted molar refractivity (Wildman–Crippen MR) is 81.6 cm³/mol. The Morgan fingerprint density at radius 3 is 2.80 bits per heavy atom. The summed E-state index contributed by atoms with van der Waals surface area (Å²) < 4.78 is 14.5. The van der Waals surface area contributed by atoms with Crippen molar-refractivity contribution in [3.05, 3.63) is 29.6 Å². The number of halogens is 1. The highest BCUT2D eigenvalue weighted by atomic mass is 19.1. The smallest absolute Gasteiger partial charge is 0.146 e. The molecule has 2 aliphatic rings. The zero-order valence-corrected chi connectivity index (χ0v) is 12.5. The average Bonchev–Trinajstić information content (AvgIpc) is 2.90. The van der Waals surface area contributed by atoms with E-state index in [0.717, 1.165) is 23.7 Å². The Kier molecular flexibility index (Phi) is 3.97. The molecule has 0 spiro atoms. The molecule has 1 N–H and O–H groups in total. The molecule has 3 atom stereocenters. The summed E-state index contributed by atoms with van der Waals surface area (Å²) in [5.74, 6) is 0.731. The molecule has 3 unspecified atom stereocenters. The Hall–Kier alpha value is -1.09. The highest BCUT2D eigenvalue weighted by Crippen LogP contribution is 2.39. The summed E-state index contributed by atoms with van der Waals surface area (Å²) in [7, 11) is 1.91. The van der Waals surface area contributed by atoms with E-state index in [1.807, 2.05) is 13.1 Å². The molecule has 1 aliphatic carbocycles. The number of hydrogen-bond acceptors (Lipinski definition) is 2. The maximum absolute atomic E-state index is 14.5. The lowest BCUT2D eigenvalue weighted by atomic mass is 9.85. The van der Waals surface area contributed by atoms with Gasteiger partial charge >= 0.3 is 0 Å². The van der Waals surface area contributed by atoms with Crippen LogP contribution >= 0.6 is 0 Å². The lowest BCUT2D eigenvalue weighted by molar-refractivity contribution is 0.341. The minimum absolute atomic E-state index is 0.0594. The van der Waals surface area contributed by atoms with Gasteiger partial charge in [-0.3, -0.25) is 0 Å². The fourth-order valence-corrected chi connectivity index (χ4v) is 3.90. The molecule has 0 amide bonds. The number of rotatable bonds is 3. The van der Waals surface area contributed by atoms with Crippen LogP contribution in [0.1, 0.15) is 50.6 Å². The van der Waals surface area contributed by atoms with Crippen molar-refractivity contribution >= 4 is 5.69 Å². The molecule has 1 aliphatic heterocycles. The van der Waals surface area contributed by atoms with Crippen molar-refractivity contribution in [1.82, 2.24) is 5.32 Å². The van der Waals surface area contributed by atoms with Crippen LogP contribution in [0.15, 0.2) is 18.2 Å². The van der Waals surface area contributed by atoms with Crippen molar-refractivity contribution in [1.29, 1.82) is 0 Å². The Bertz CT molecular complexity index is 474. The first kappa shape index (κ1) is 13.9. The van der Waals surface area contributed by atoms with Gasteiger partial charge < -0.3 is 10.2 Å². The number of benzene rings is 1. The molecule has 0 bridgehead atoms. The second-order valence-corrected chi connectivity index (χ2v) is 6.32. The highest BCUT2D eigenvalue weighted by molar-refractivity contribution is 5.51. The highest BCUT2D eigenvalue weighted by Gasteiger charge is 2.36. The van der Waals surface area contributed by atoms with Crippen LogP contribution in [0.4, 0.5) is 10.1 Å². The summed E-state index contributed by atoms with van der Waals surface area (Å²) in [5, 5.41) is 3.16. The predicted octanol–water partition coefficient (Wildman–Crippen LogP) is 3.88. The third kappa shape index (κ3) is 2.44. The van der Waals surface area contributed by atoms with Crippen LogP contribution in [-0.4, -0.2) is 19.6 Å². The van der Waals surface area contributed by atoms with Crippen LogP contribution in [0.25, 0.3) is 0 Å². The molecule has 1 aromatic carbocycles. The van der Waals surface area contributed by atoms with Crippen LogP contribution in [0, 0.1) is 11.7 Å². The summed E-state index contributed by atoms with van der Waals surface area (Å²) in [4.78, 5) is 2.33. The van der Waals surface area contributed by atoms with E-state index in [9.17, 15) is 4.39 Å². The van der Waals surface area contributed by atoms with E-state index in [4.69, 9.17) is 0 Å². The molecule has 0 aromatic heterocycles. The van der Waals surface area contributed by atoms with Crippen LogP contribution in [-0.2, 0) is 0 Å². The van der Waals surface area contributed by atoms with Crippen LogP contribution in [0.3, 0.4) is 0 Å². The molecule has 1 heterocycles. The van der Waals surface area contributed by atoms with E-state index in [0.29, 0.717) is 6.04 Å². The van der Waals surface area contributed by atoms with E-state index in [1.54, 1.807) is 6.07 Å². The largest absolute Gasteiger partial charge is 0.366 e. The van der Waals surface area contributed by atoms with Gasteiger partial charge in [-0.05, 0) is 56.8 Å². The summed E-state index contributed by atoms with van der Waals surface area (Å²) >= 11 is 0. The zero-order chi connectivity index (χ0) is 14.1. The second-order valence-electron chi connectivity index (χ2n) is 6.32. The van der Waals surface area contributed by atoms with Gasteiger partial charge in [0.1, 0.15) is 5.82 Å². The molecule has 2 fully saturated rings. The number of nitrogens with zero attached hydrogens (tertiary/aromatic N) is 1. The van der Waals surface area contributed by atoms with Gasteiger partial charge in [0.25, 0.3) is 0 Å². The van der Waals surface area contributed by atoms with E-state index in [2.05, 4.69) is 23.2 Å². The number of hydrogen-bond donors (Lipinski definition) is 1. The maximum atomic E-state index is 14.5. The van der Waals surface area contributed by atoms with E-state index < -0.39 is 0 Å². The van der Waals surface area contributed by atoms with Gasteiger partial charge in [-0.15, -0.1) is 0 Å². The molecule has 0 radical (unpaired) electrons. The van der Waals surface area contributed by atoms with Gasteiger partial charge in [0, 0.05) is 18.6 Å². The van der Waals surface area contributed by atoms with Crippen molar-refractivity contribution in [3.8, 4) is 0 Å². The van der Waals surface area contributed by atoms with Gasteiger partial charge in [0.05, 0.1) is 5.69 Å². The van der Waals surface area contributed by atoms with Crippen molar-refractivity contribution in [2.45, 2.75) is 51.1 Å². The van der Waals surface area contributed by atoms with Crippen molar-refractivity contribution in [2.75, 3.05) is 18.5 Å². The van der Waals surface area contributed by atoms with E-state index in [1.165, 1.54) is 32.1 Å². The molecular weight excluding hydrogens is 251 g/mol. The molecule has 1 saturated heterocycles. The monoisotopic (exact) mass is 276 g/mol. The molecule has 1 aromatic rings. The summed E-state index contributed by atoms with van der Waals surface area (Å²) in [5.41, 5.74) is 1.83. The Morgan fingerprint density at radius 1 is 1.25 bits per heavy atom. The Balaban J connectivity index is 1.83. The summed E-state index contributed by atoms with van der Waals surface area (Å²) in [6.45, 7) is 3.08. The quantitative estimate of drug-likeness (QED) is 0.901. The lowest BCUT2D eigenvalue weighted by Crippen LogP contribution is -2.35. The van der Waals surface area contributed by atoms with E-state index in [-0.39, 0.29) is 11.9 Å². The third-order valence-electron chi connectivity index (χ3n) is 5.22. The third-order valence-corrected chi connectivity index (χ3v) is 5.22. The second kappa shape index (κ2) is 5.72. The topological polar surface area (TPSA) is 15.3 Å². The van der Waals surface area contributed by atoms with Crippen LogP contribution in [0.2, 0.25) is 0 Å². The fraction of sp³-hybridized carbons (Fsp3) is 0.647. The van der Waals surface area contributed by atoms with Crippen molar-refractivity contribution in [3.63, 3.8) is 0 Å². The SMILES string of the molecule is CNC(C)c1ccc(N2CCC3CCCCC32)c(F)c1. The molecule has 110 valence electrons. The van der Waals surface area contributed by atoms with Gasteiger partial charge in [0.15, 0.2) is 0 Å². The first-order valence-electron chi connectivity index (χ1n) is 7.94. The number of anilines is 1. The lowest BCUT2D eigenvalue weighted by Gasteiger charge is -2.33. The summed E-state index contributed by atoms with van der Waals surface area (Å²) in [6, 6.07) is 6.52. The Labute approximate surface area is 121 Å². The first-order chi connectivity index (χ1) is 9.70. The normalized spacial score (nSPS) is 27.4.